The summed E-state index contributed by atoms with van der Waals surface area (Å²) in [5.41, 5.74) is 7.58. The van der Waals surface area contributed by atoms with Gasteiger partial charge in [0.25, 0.3) is 0 Å². The van der Waals surface area contributed by atoms with Crippen molar-refractivity contribution >= 4 is 5.82 Å². The number of aromatic nitrogens is 2. The second kappa shape index (κ2) is 4.22. The normalized spacial score (nSPS) is 10.4. The van der Waals surface area contributed by atoms with E-state index in [0.29, 0.717) is 28.3 Å². The number of ether oxygens (including phenoxy) is 1. The minimum Gasteiger partial charge on any atom is -0.496 e. The predicted octanol–water partition coefficient (Wildman–Crippen LogP) is 2.14. The Balaban J connectivity index is 2.61. The molecule has 0 aliphatic carbocycles. The molecule has 2 aromatic rings. The van der Waals surface area contributed by atoms with Crippen molar-refractivity contribution in [1.82, 2.24) is 10.2 Å². The molecule has 0 bridgehead atoms. The summed E-state index contributed by atoms with van der Waals surface area (Å²) in [5.74, 6) is 0.934. The first-order valence-corrected chi connectivity index (χ1v) is 4.79. The molecule has 0 radical (unpaired) electrons. The van der Waals surface area contributed by atoms with E-state index in [0.717, 1.165) is 0 Å². The van der Waals surface area contributed by atoms with Gasteiger partial charge in [-0.1, -0.05) is 12.1 Å². The van der Waals surface area contributed by atoms with Crippen LogP contribution in [0.3, 0.4) is 0 Å². The van der Waals surface area contributed by atoms with Crippen LogP contribution in [-0.2, 0) is 6.67 Å². The number of aromatic amines is 1. The predicted molar refractivity (Wildman–Crippen MR) is 59.8 cm³/mol. The lowest BCUT2D eigenvalue weighted by Gasteiger charge is -2.10. The molecule has 16 heavy (non-hydrogen) atoms. The zero-order chi connectivity index (χ0) is 11.5. The maximum absolute atomic E-state index is 13.0. The van der Waals surface area contributed by atoms with E-state index in [4.69, 9.17) is 10.5 Å². The highest BCUT2D eigenvalue weighted by Gasteiger charge is 2.13. The number of anilines is 1. The smallest absolute Gasteiger partial charge is 0.126 e. The number of nitrogens with one attached hydrogen (secondary N) is 1. The molecule has 0 saturated heterocycles. The molecule has 5 heteroatoms. The summed E-state index contributed by atoms with van der Waals surface area (Å²) in [5, 5.41) is 6.44. The van der Waals surface area contributed by atoms with Crippen molar-refractivity contribution in [3.05, 3.63) is 30.0 Å². The van der Waals surface area contributed by atoms with Crippen molar-refractivity contribution in [1.29, 1.82) is 0 Å². The van der Waals surface area contributed by atoms with Crippen LogP contribution < -0.4 is 10.5 Å². The zero-order valence-corrected chi connectivity index (χ0v) is 8.83. The molecular weight excluding hydrogens is 209 g/mol. The average Bonchev–Trinajstić information content (AvgIpc) is 2.74. The highest BCUT2D eigenvalue weighted by atomic mass is 19.1. The Kier molecular flexibility index (Phi) is 2.76. The molecule has 1 heterocycles. The van der Waals surface area contributed by atoms with E-state index in [1.54, 1.807) is 24.4 Å². The van der Waals surface area contributed by atoms with Gasteiger partial charge in [0.05, 0.1) is 13.3 Å². The maximum atomic E-state index is 13.0. The molecule has 2 rings (SSSR count). The van der Waals surface area contributed by atoms with Crippen molar-refractivity contribution in [2.24, 2.45) is 0 Å². The van der Waals surface area contributed by atoms with E-state index < -0.39 is 6.67 Å². The molecule has 0 amide bonds. The fourth-order valence-electron chi connectivity index (χ4n) is 1.66. The fourth-order valence-corrected chi connectivity index (χ4v) is 1.66. The van der Waals surface area contributed by atoms with Crippen LogP contribution in [0.1, 0.15) is 5.56 Å². The van der Waals surface area contributed by atoms with Crippen LogP contribution in [0, 0.1) is 0 Å². The Morgan fingerprint density at radius 3 is 2.81 bits per heavy atom. The Hall–Kier alpha value is -2.04. The molecule has 0 aliphatic heterocycles. The Morgan fingerprint density at radius 2 is 2.25 bits per heavy atom. The number of benzene rings is 1. The van der Waals surface area contributed by atoms with Gasteiger partial charge in [0.1, 0.15) is 18.2 Å². The summed E-state index contributed by atoms with van der Waals surface area (Å²) >= 11 is 0. The van der Waals surface area contributed by atoms with Gasteiger partial charge in [0.15, 0.2) is 0 Å². The third-order valence-corrected chi connectivity index (χ3v) is 2.45. The van der Waals surface area contributed by atoms with E-state index in [-0.39, 0.29) is 0 Å². The number of hydrogen-bond donors (Lipinski definition) is 2. The number of nitrogens with zero attached hydrogens (tertiary/aromatic N) is 1. The van der Waals surface area contributed by atoms with Gasteiger partial charge in [-0.2, -0.15) is 5.10 Å². The van der Waals surface area contributed by atoms with E-state index in [1.807, 2.05) is 0 Å². The second-order valence-electron chi connectivity index (χ2n) is 3.32. The van der Waals surface area contributed by atoms with E-state index in [9.17, 15) is 4.39 Å². The fraction of sp³-hybridized carbons (Fsp3) is 0.182. The summed E-state index contributed by atoms with van der Waals surface area (Å²) in [6.45, 7) is -0.607. The van der Waals surface area contributed by atoms with Crippen molar-refractivity contribution in [3.63, 3.8) is 0 Å². The van der Waals surface area contributed by atoms with Crippen molar-refractivity contribution < 1.29 is 9.13 Å². The number of hydrogen-bond acceptors (Lipinski definition) is 3. The molecule has 0 saturated carbocycles. The third kappa shape index (κ3) is 1.60. The van der Waals surface area contributed by atoms with Crippen LogP contribution in [0.4, 0.5) is 10.2 Å². The minimum atomic E-state index is -0.607. The van der Waals surface area contributed by atoms with Crippen LogP contribution >= 0.6 is 0 Å². The molecule has 0 unspecified atom stereocenters. The number of rotatable bonds is 3. The quantitative estimate of drug-likeness (QED) is 0.834. The lowest BCUT2D eigenvalue weighted by atomic mass is 10.0. The number of methoxy groups -OCH3 is 1. The molecule has 3 N–H and O–H groups in total. The number of nitrogen functional groups attached to an aromatic ring is 1. The topological polar surface area (TPSA) is 63.9 Å². The van der Waals surface area contributed by atoms with Crippen molar-refractivity contribution in [2.45, 2.75) is 6.67 Å². The average molecular weight is 221 g/mol. The lowest BCUT2D eigenvalue weighted by molar-refractivity contribution is 0.394. The maximum Gasteiger partial charge on any atom is 0.126 e. The molecule has 0 aliphatic rings. The monoisotopic (exact) mass is 221 g/mol. The first-order valence-electron chi connectivity index (χ1n) is 4.79. The van der Waals surface area contributed by atoms with Gasteiger partial charge in [-0.25, -0.2) is 4.39 Å². The third-order valence-electron chi connectivity index (χ3n) is 2.45. The van der Waals surface area contributed by atoms with Crippen molar-refractivity contribution in [2.75, 3.05) is 12.8 Å². The summed E-state index contributed by atoms with van der Waals surface area (Å²) in [4.78, 5) is 0. The van der Waals surface area contributed by atoms with Gasteiger partial charge in [0, 0.05) is 11.1 Å². The van der Waals surface area contributed by atoms with Crippen LogP contribution in [0.5, 0.6) is 5.75 Å². The Morgan fingerprint density at radius 1 is 1.44 bits per heavy atom. The van der Waals surface area contributed by atoms with Gasteiger partial charge in [-0.3, -0.25) is 5.10 Å². The highest BCUT2D eigenvalue weighted by molar-refractivity contribution is 5.77. The summed E-state index contributed by atoms with van der Waals surface area (Å²) in [6.07, 6.45) is 1.57. The molecule has 84 valence electrons. The van der Waals surface area contributed by atoms with Crippen LogP contribution in [0.2, 0.25) is 0 Å². The number of H-pyrrole nitrogens is 1. The SMILES string of the molecule is COc1cccc(-c2cn[nH]c2N)c1CF. The van der Waals surface area contributed by atoms with E-state index in [2.05, 4.69) is 10.2 Å². The standard InChI is InChI=1S/C11H12FN3O/c1-16-10-4-2-3-7(8(10)5-12)9-6-14-15-11(9)13/h2-4,6H,5H2,1H3,(H3,13,14,15). The van der Waals surface area contributed by atoms with Crippen LogP contribution in [0.15, 0.2) is 24.4 Å². The second-order valence-corrected chi connectivity index (χ2v) is 3.32. The number of alkyl halides is 1. The van der Waals surface area contributed by atoms with Crippen LogP contribution in [0.25, 0.3) is 11.1 Å². The van der Waals surface area contributed by atoms with Gasteiger partial charge in [0.2, 0.25) is 0 Å². The molecule has 0 atom stereocenters. The van der Waals surface area contributed by atoms with Gasteiger partial charge >= 0.3 is 0 Å². The minimum absolute atomic E-state index is 0.419. The van der Waals surface area contributed by atoms with E-state index in [1.165, 1.54) is 7.11 Å². The zero-order valence-electron chi connectivity index (χ0n) is 8.83. The molecular formula is C11H12FN3O. The van der Waals surface area contributed by atoms with Gasteiger partial charge in [-0.15, -0.1) is 0 Å². The summed E-state index contributed by atoms with van der Waals surface area (Å²) < 4.78 is 18.1. The molecule has 1 aromatic carbocycles. The molecule has 4 nitrogen and oxygen atoms in total. The van der Waals surface area contributed by atoms with Gasteiger partial charge < -0.3 is 10.5 Å². The lowest BCUT2D eigenvalue weighted by Crippen LogP contribution is -1.95. The van der Waals surface area contributed by atoms with Crippen molar-refractivity contribution in [3.8, 4) is 16.9 Å². The Labute approximate surface area is 92.2 Å². The largest absolute Gasteiger partial charge is 0.496 e. The first kappa shape index (κ1) is 10.5. The number of halogens is 1. The highest BCUT2D eigenvalue weighted by Crippen LogP contribution is 2.33. The summed E-state index contributed by atoms with van der Waals surface area (Å²) in [6, 6.07) is 5.30. The molecule has 0 fully saturated rings. The molecule has 0 spiro atoms. The Bertz CT molecular complexity index is 496. The van der Waals surface area contributed by atoms with E-state index >= 15 is 0 Å². The van der Waals surface area contributed by atoms with Crippen LogP contribution in [-0.4, -0.2) is 17.3 Å². The summed E-state index contributed by atoms with van der Waals surface area (Å²) in [7, 11) is 1.51. The molecule has 1 aromatic heterocycles. The van der Waals surface area contributed by atoms with Gasteiger partial charge in [-0.05, 0) is 11.6 Å². The first-order chi connectivity index (χ1) is 7.77. The number of nitrogens with two attached hydrogens (primary N) is 1.